The molecule has 0 saturated carbocycles. The van der Waals surface area contributed by atoms with Crippen molar-refractivity contribution >= 4 is 11.8 Å². The summed E-state index contributed by atoms with van der Waals surface area (Å²) in [6.07, 6.45) is 1.68. The number of ether oxygens (including phenoxy) is 2. The second-order valence-electron chi connectivity index (χ2n) is 5.90. The molecular formula is C14H24N2O4. The predicted octanol–water partition coefficient (Wildman–Crippen LogP) is 0.309. The van der Waals surface area contributed by atoms with Crippen LogP contribution in [-0.2, 0) is 19.1 Å². The second kappa shape index (κ2) is 5.69. The molecule has 2 heterocycles. The third-order valence-electron chi connectivity index (χ3n) is 4.47. The maximum atomic E-state index is 12.7. The number of nitrogens with zero attached hydrogens (tertiary/aromatic N) is 1. The lowest BCUT2D eigenvalue weighted by Gasteiger charge is -2.36. The van der Waals surface area contributed by atoms with E-state index in [0.29, 0.717) is 39.1 Å². The molecule has 6 heteroatoms. The molecule has 0 bridgehead atoms. The number of nitrogens with one attached hydrogen (secondary N) is 1. The van der Waals surface area contributed by atoms with Crippen LogP contribution >= 0.6 is 0 Å². The predicted molar refractivity (Wildman–Crippen MR) is 73.2 cm³/mol. The van der Waals surface area contributed by atoms with Crippen molar-refractivity contribution in [2.45, 2.75) is 44.2 Å². The van der Waals surface area contributed by atoms with Gasteiger partial charge in [-0.2, -0.15) is 0 Å². The minimum atomic E-state index is -0.817. The lowest BCUT2D eigenvalue weighted by molar-refractivity contribution is -0.142. The molecule has 114 valence electrons. The first kappa shape index (κ1) is 15.3. The first-order valence-corrected chi connectivity index (χ1v) is 7.18. The minimum Gasteiger partial charge on any atom is -0.378 e. The van der Waals surface area contributed by atoms with Crippen molar-refractivity contribution in [1.29, 1.82) is 0 Å². The van der Waals surface area contributed by atoms with E-state index in [0.717, 1.165) is 6.42 Å². The number of amides is 2. The quantitative estimate of drug-likeness (QED) is 0.807. The summed E-state index contributed by atoms with van der Waals surface area (Å²) >= 11 is 0. The molecule has 2 fully saturated rings. The van der Waals surface area contributed by atoms with Gasteiger partial charge in [-0.25, -0.2) is 0 Å². The number of hydrogen-bond acceptors (Lipinski definition) is 4. The average molecular weight is 284 g/mol. The highest BCUT2D eigenvalue weighted by Crippen LogP contribution is 2.26. The van der Waals surface area contributed by atoms with Crippen molar-refractivity contribution in [2.24, 2.45) is 0 Å². The maximum absolute atomic E-state index is 12.7. The summed E-state index contributed by atoms with van der Waals surface area (Å²) in [5, 5.41) is 2.84. The van der Waals surface area contributed by atoms with Crippen molar-refractivity contribution in [3.8, 4) is 0 Å². The number of rotatable bonds is 4. The summed E-state index contributed by atoms with van der Waals surface area (Å²) in [7, 11) is 1.65. The summed E-state index contributed by atoms with van der Waals surface area (Å²) in [4.78, 5) is 26.2. The van der Waals surface area contributed by atoms with Crippen molar-refractivity contribution in [3.05, 3.63) is 0 Å². The molecule has 20 heavy (non-hydrogen) atoms. The van der Waals surface area contributed by atoms with Crippen LogP contribution < -0.4 is 5.32 Å². The zero-order valence-corrected chi connectivity index (χ0v) is 12.5. The van der Waals surface area contributed by atoms with Crippen LogP contribution in [0.5, 0.6) is 0 Å². The molecule has 0 aromatic heterocycles. The zero-order chi connectivity index (χ0) is 14.8. The van der Waals surface area contributed by atoms with Gasteiger partial charge >= 0.3 is 0 Å². The zero-order valence-electron chi connectivity index (χ0n) is 12.5. The van der Waals surface area contributed by atoms with Gasteiger partial charge < -0.3 is 19.7 Å². The van der Waals surface area contributed by atoms with E-state index < -0.39 is 11.1 Å². The van der Waals surface area contributed by atoms with Crippen LogP contribution in [0.25, 0.3) is 0 Å². The standard InChI is InChI=1S/C14H24N2O4/c1-4-13(2)12(18)16(7-5-11(17)15-13)9-14(19-3)6-8-20-10-14/h4-10H2,1-3H3,(H,15,17). The van der Waals surface area contributed by atoms with Crippen LogP contribution in [-0.4, -0.2) is 61.3 Å². The van der Waals surface area contributed by atoms with Gasteiger partial charge in [0.15, 0.2) is 0 Å². The van der Waals surface area contributed by atoms with Crippen LogP contribution in [0, 0.1) is 0 Å². The third-order valence-corrected chi connectivity index (χ3v) is 4.47. The summed E-state index contributed by atoms with van der Waals surface area (Å²) < 4.78 is 11.0. The van der Waals surface area contributed by atoms with Crippen LogP contribution in [0.15, 0.2) is 0 Å². The SMILES string of the molecule is CCC1(C)NC(=O)CCN(CC2(OC)CCOC2)C1=O. The second-order valence-corrected chi connectivity index (χ2v) is 5.90. The average Bonchev–Trinajstić information content (AvgIpc) is 2.87. The molecule has 1 N–H and O–H groups in total. The fraction of sp³-hybridized carbons (Fsp3) is 0.857. The van der Waals surface area contributed by atoms with E-state index in [4.69, 9.17) is 9.47 Å². The van der Waals surface area contributed by atoms with Gasteiger partial charge in [0, 0.05) is 33.1 Å². The molecule has 0 aromatic carbocycles. The van der Waals surface area contributed by atoms with Gasteiger partial charge in [0.05, 0.1) is 13.2 Å². The van der Waals surface area contributed by atoms with Crippen LogP contribution in [0.1, 0.15) is 33.1 Å². The minimum absolute atomic E-state index is 0.0332. The van der Waals surface area contributed by atoms with E-state index >= 15 is 0 Å². The molecule has 2 amide bonds. The van der Waals surface area contributed by atoms with Gasteiger partial charge in [0.25, 0.3) is 0 Å². The van der Waals surface area contributed by atoms with E-state index in [1.165, 1.54) is 0 Å². The summed E-state index contributed by atoms with van der Waals surface area (Å²) in [6.45, 7) is 5.76. The van der Waals surface area contributed by atoms with Crippen LogP contribution in [0.3, 0.4) is 0 Å². The van der Waals surface area contributed by atoms with E-state index in [-0.39, 0.29) is 11.8 Å². The van der Waals surface area contributed by atoms with Gasteiger partial charge in [-0.3, -0.25) is 9.59 Å². The van der Waals surface area contributed by atoms with Gasteiger partial charge in [0.2, 0.25) is 11.8 Å². The Kier molecular flexibility index (Phi) is 4.34. The van der Waals surface area contributed by atoms with Crippen molar-refractivity contribution < 1.29 is 19.1 Å². The molecule has 2 saturated heterocycles. The van der Waals surface area contributed by atoms with Crippen LogP contribution in [0.4, 0.5) is 0 Å². The van der Waals surface area contributed by atoms with E-state index in [1.54, 1.807) is 18.9 Å². The molecule has 0 radical (unpaired) electrons. The topological polar surface area (TPSA) is 67.9 Å². The largest absolute Gasteiger partial charge is 0.378 e. The highest BCUT2D eigenvalue weighted by atomic mass is 16.5. The van der Waals surface area contributed by atoms with E-state index in [9.17, 15) is 9.59 Å². The molecule has 0 aromatic rings. The van der Waals surface area contributed by atoms with Crippen molar-refractivity contribution in [3.63, 3.8) is 0 Å². The monoisotopic (exact) mass is 284 g/mol. The molecular weight excluding hydrogens is 260 g/mol. The lowest BCUT2D eigenvalue weighted by Crippen LogP contribution is -2.57. The van der Waals surface area contributed by atoms with Crippen LogP contribution in [0.2, 0.25) is 0 Å². The molecule has 2 rings (SSSR count). The van der Waals surface area contributed by atoms with E-state index in [1.807, 2.05) is 6.92 Å². The summed E-state index contributed by atoms with van der Waals surface area (Å²) in [5.74, 6) is -0.103. The Morgan fingerprint density at radius 3 is 2.75 bits per heavy atom. The fourth-order valence-corrected chi connectivity index (χ4v) is 2.79. The highest BCUT2D eigenvalue weighted by molar-refractivity contribution is 5.93. The fourth-order valence-electron chi connectivity index (χ4n) is 2.79. The Hall–Kier alpha value is -1.14. The lowest BCUT2D eigenvalue weighted by atomic mass is 9.95. The third kappa shape index (κ3) is 2.81. The number of methoxy groups -OCH3 is 1. The first-order valence-electron chi connectivity index (χ1n) is 7.18. The van der Waals surface area contributed by atoms with E-state index in [2.05, 4.69) is 5.32 Å². The van der Waals surface area contributed by atoms with Gasteiger partial charge in [0.1, 0.15) is 11.1 Å². The Labute approximate surface area is 119 Å². The number of carbonyl (C=O) groups is 2. The summed E-state index contributed by atoms with van der Waals surface area (Å²) in [5.41, 5.74) is -1.25. The first-order chi connectivity index (χ1) is 9.45. The normalized spacial score (nSPS) is 35.0. The molecule has 2 aliphatic heterocycles. The number of carbonyl (C=O) groups excluding carboxylic acids is 2. The Morgan fingerprint density at radius 1 is 1.45 bits per heavy atom. The van der Waals surface area contributed by atoms with Crippen molar-refractivity contribution in [2.75, 3.05) is 33.4 Å². The Morgan fingerprint density at radius 2 is 2.20 bits per heavy atom. The van der Waals surface area contributed by atoms with Gasteiger partial charge in [-0.05, 0) is 13.3 Å². The highest BCUT2D eigenvalue weighted by Gasteiger charge is 2.44. The molecule has 0 spiro atoms. The molecule has 6 nitrogen and oxygen atoms in total. The molecule has 2 unspecified atom stereocenters. The van der Waals surface area contributed by atoms with Gasteiger partial charge in [-0.1, -0.05) is 6.92 Å². The molecule has 0 aliphatic carbocycles. The summed E-state index contributed by atoms with van der Waals surface area (Å²) in [6, 6.07) is 0. The smallest absolute Gasteiger partial charge is 0.248 e. The Bertz CT molecular complexity index is 393. The number of hydrogen-bond donors (Lipinski definition) is 1. The van der Waals surface area contributed by atoms with Crippen molar-refractivity contribution in [1.82, 2.24) is 10.2 Å². The maximum Gasteiger partial charge on any atom is 0.248 e. The van der Waals surface area contributed by atoms with Gasteiger partial charge in [-0.15, -0.1) is 0 Å². The molecule has 2 aliphatic rings. The molecule has 2 atom stereocenters. The Balaban J connectivity index is 2.17.